The molecule has 0 radical (unpaired) electrons. The van der Waals surface area contributed by atoms with Crippen LogP contribution < -0.4 is 10.6 Å². The zero-order valence-corrected chi connectivity index (χ0v) is 10.3. The van der Waals surface area contributed by atoms with Crippen molar-refractivity contribution in [1.29, 1.82) is 0 Å². The second-order valence-corrected chi connectivity index (χ2v) is 4.74. The predicted molar refractivity (Wildman–Crippen MR) is 66.8 cm³/mol. The second-order valence-electron chi connectivity index (χ2n) is 4.74. The normalized spacial score (nSPS) is 20.2. The SMILES string of the molecule is Cc1cc(NC(=O)CCC2CCCNC2)n[nH]1. The molecule has 17 heavy (non-hydrogen) atoms. The summed E-state index contributed by atoms with van der Waals surface area (Å²) in [5, 5.41) is 12.9. The van der Waals surface area contributed by atoms with E-state index in [1.165, 1.54) is 12.8 Å². The van der Waals surface area contributed by atoms with Crippen molar-refractivity contribution in [1.82, 2.24) is 15.5 Å². The lowest BCUT2D eigenvalue weighted by Gasteiger charge is -2.22. The summed E-state index contributed by atoms with van der Waals surface area (Å²) >= 11 is 0. The van der Waals surface area contributed by atoms with Crippen LogP contribution in [0, 0.1) is 12.8 Å². The van der Waals surface area contributed by atoms with Gasteiger partial charge in [-0.05, 0) is 45.2 Å². The monoisotopic (exact) mass is 236 g/mol. The number of nitrogens with zero attached hydrogens (tertiary/aromatic N) is 1. The lowest BCUT2D eigenvalue weighted by atomic mass is 9.94. The van der Waals surface area contributed by atoms with E-state index in [0.717, 1.165) is 25.2 Å². The largest absolute Gasteiger partial charge is 0.316 e. The Hall–Kier alpha value is -1.36. The summed E-state index contributed by atoms with van der Waals surface area (Å²) in [6.07, 6.45) is 4.01. The maximum atomic E-state index is 11.7. The minimum Gasteiger partial charge on any atom is -0.316 e. The van der Waals surface area contributed by atoms with E-state index in [4.69, 9.17) is 0 Å². The molecule has 5 nitrogen and oxygen atoms in total. The van der Waals surface area contributed by atoms with E-state index < -0.39 is 0 Å². The zero-order chi connectivity index (χ0) is 12.1. The molecule has 1 aromatic heterocycles. The van der Waals surface area contributed by atoms with Gasteiger partial charge in [-0.2, -0.15) is 5.10 Å². The summed E-state index contributed by atoms with van der Waals surface area (Å²) in [7, 11) is 0. The predicted octanol–water partition coefficient (Wildman–Crippen LogP) is 1.44. The number of aromatic nitrogens is 2. The smallest absolute Gasteiger partial charge is 0.225 e. The summed E-state index contributed by atoms with van der Waals surface area (Å²) in [5.41, 5.74) is 0.955. The molecule has 1 unspecified atom stereocenters. The number of hydrogen-bond acceptors (Lipinski definition) is 3. The van der Waals surface area contributed by atoms with Crippen molar-refractivity contribution in [2.24, 2.45) is 5.92 Å². The highest BCUT2D eigenvalue weighted by molar-refractivity contribution is 5.89. The highest BCUT2D eigenvalue weighted by Gasteiger charge is 2.14. The van der Waals surface area contributed by atoms with Crippen LogP contribution in [0.3, 0.4) is 0 Å². The van der Waals surface area contributed by atoms with Crippen LogP contribution >= 0.6 is 0 Å². The fourth-order valence-electron chi connectivity index (χ4n) is 2.19. The molecule has 94 valence electrons. The van der Waals surface area contributed by atoms with Crippen LogP contribution in [0.15, 0.2) is 6.07 Å². The summed E-state index contributed by atoms with van der Waals surface area (Å²) in [6, 6.07) is 1.83. The van der Waals surface area contributed by atoms with Crippen LogP contribution in [0.25, 0.3) is 0 Å². The van der Waals surface area contributed by atoms with Crippen LogP contribution in [-0.4, -0.2) is 29.2 Å². The maximum absolute atomic E-state index is 11.7. The van der Waals surface area contributed by atoms with Gasteiger partial charge in [0.05, 0.1) is 0 Å². The fourth-order valence-corrected chi connectivity index (χ4v) is 2.19. The van der Waals surface area contributed by atoms with Gasteiger partial charge in [0, 0.05) is 18.2 Å². The van der Waals surface area contributed by atoms with Gasteiger partial charge in [0.25, 0.3) is 0 Å². The van der Waals surface area contributed by atoms with E-state index in [-0.39, 0.29) is 5.91 Å². The number of nitrogens with one attached hydrogen (secondary N) is 3. The Kier molecular flexibility index (Phi) is 4.14. The topological polar surface area (TPSA) is 69.8 Å². The van der Waals surface area contributed by atoms with Crippen molar-refractivity contribution in [2.45, 2.75) is 32.6 Å². The zero-order valence-electron chi connectivity index (χ0n) is 10.3. The fraction of sp³-hybridized carbons (Fsp3) is 0.667. The molecule has 1 saturated heterocycles. The minimum absolute atomic E-state index is 0.0575. The number of anilines is 1. The average molecular weight is 236 g/mol. The summed E-state index contributed by atoms with van der Waals surface area (Å²) in [5.74, 6) is 1.33. The van der Waals surface area contributed by atoms with E-state index in [0.29, 0.717) is 18.2 Å². The number of carbonyl (C=O) groups excluding carboxylic acids is 1. The molecule has 0 spiro atoms. The highest BCUT2D eigenvalue weighted by Crippen LogP contribution is 2.16. The Bertz CT molecular complexity index is 368. The first-order valence-electron chi connectivity index (χ1n) is 6.26. The third-order valence-corrected chi connectivity index (χ3v) is 3.15. The minimum atomic E-state index is 0.0575. The molecular formula is C12H20N4O. The van der Waals surface area contributed by atoms with Gasteiger partial charge >= 0.3 is 0 Å². The van der Waals surface area contributed by atoms with Crippen LogP contribution in [0.4, 0.5) is 5.82 Å². The van der Waals surface area contributed by atoms with E-state index in [9.17, 15) is 4.79 Å². The summed E-state index contributed by atoms with van der Waals surface area (Å²) < 4.78 is 0. The number of piperidine rings is 1. The number of carbonyl (C=O) groups is 1. The van der Waals surface area contributed by atoms with Gasteiger partial charge in [-0.3, -0.25) is 9.89 Å². The van der Waals surface area contributed by atoms with Gasteiger partial charge in [0.2, 0.25) is 5.91 Å². The van der Waals surface area contributed by atoms with Gasteiger partial charge < -0.3 is 10.6 Å². The number of amides is 1. The van der Waals surface area contributed by atoms with E-state index in [2.05, 4.69) is 20.8 Å². The second kappa shape index (κ2) is 5.82. The standard InChI is InChI=1S/C12H20N4O/c1-9-7-11(16-15-9)14-12(17)5-4-10-3-2-6-13-8-10/h7,10,13H,2-6,8H2,1H3,(H2,14,15,16,17). The molecule has 3 N–H and O–H groups in total. The average Bonchev–Trinajstić information content (AvgIpc) is 2.73. The molecule has 1 aliphatic rings. The van der Waals surface area contributed by atoms with E-state index in [1.807, 2.05) is 13.0 Å². The molecule has 0 saturated carbocycles. The summed E-state index contributed by atoms with van der Waals surface area (Å²) in [6.45, 7) is 4.08. The Morgan fingerprint density at radius 3 is 3.18 bits per heavy atom. The molecule has 1 amide bonds. The van der Waals surface area contributed by atoms with Crippen molar-refractivity contribution in [3.63, 3.8) is 0 Å². The summed E-state index contributed by atoms with van der Waals surface area (Å²) in [4.78, 5) is 11.7. The highest BCUT2D eigenvalue weighted by atomic mass is 16.1. The first-order chi connectivity index (χ1) is 8.24. The first kappa shape index (κ1) is 12.1. The molecular weight excluding hydrogens is 216 g/mol. The molecule has 2 rings (SSSR count). The Labute approximate surface area is 101 Å². The van der Waals surface area contributed by atoms with Crippen molar-refractivity contribution < 1.29 is 4.79 Å². The van der Waals surface area contributed by atoms with Gasteiger partial charge in [0.1, 0.15) is 0 Å². The lowest BCUT2D eigenvalue weighted by Crippen LogP contribution is -2.30. The number of aryl methyl sites for hydroxylation is 1. The first-order valence-corrected chi connectivity index (χ1v) is 6.26. The van der Waals surface area contributed by atoms with Crippen molar-refractivity contribution >= 4 is 11.7 Å². The quantitative estimate of drug-likeness (QED) is 0.740. The van der Waals surface area contributed by atoms with Crippen LogP contribution in [0.5, 0.6) is 0 Å². The van der Waals surface area contributed by atoms with Gasteiger partial charge in [-0.25, -0.2) is 0 Å². The molecule has 5 heteroatoms. The molecule has 1 aliphatic heterocycles. The number of H-pyrrole nitrogens is 1. The van der Waals surface area contributed by atoms with Crippen molar-refractivity contribution in [3.05, 3.63) is 11.8 Å². The van der Waals surface area contributed by atoms with Gasteiger partial charge in [-0.15, -0.1) is 0 Å². The van der Waals surface area contributed by atoms with Crippen molar-refractivity contribution in [2.75, 3.05) is 18.4 Å². The van der Waals surface area contributed by atoms with Gasteiger partial charge in [0.15, 0.2) is 5.82 Å². The molecule has 1 aromatic rings. The number of hydrogen-bond donors (Lipinski definition) is 3. The van der Waals surface area contributed by atoms with E-state index >= 15 is 0 Å². The Balaban J connectivity index is 1.70. The van der Waals surface area contributed by atoms with Gasteiger partial charge in [-0.1, -0.05) is 0 Å². The molecule has 0 aromatic carbocycles. The number of rotatable bonds is 4. The molecule has 0 bridgehead atoms. The molecule has 1 fully saturated rings. The van der Waals surface area contributed by atoms with Crippen LogP contribution in [-0.2, 0) is 4.79 Å². The third-order valence-electron chi connectivity index (χ3n) is 3.15. The third kappa shape index (κ3) is 3.85. The van der Waals surface area contributed by atoms with Crippen LogP contribution in [0.1, 0.15) is 31.4 Å². The van der Waals surface area contributed by atoms with Crippen LogP contribution in [0.2, 0.25) is 0 Å². The number of aromatic amines is 1. The molecule has 2 heterocycles. The lowest BCUT2D eigenvalue weighted by molar-refractivity contribution is -0.116. The molecule has 0 aliphatic carbocycles. The Morgan fingerprint density at radius 2 is 2.53 bits per heavy atom. The Morgan fingerprint density at radius 1 is 1.65 bits per heavy atom. The molecule has 1 atom stereocenters. The van der Waals surface area contributed by atoms with E-state index in [1.54, 1.807) is 0 Å². The van der Waals surface area contributed by atoms with Crippen molar-refractivity contribution in [3.8, 4) is 0 Å². The maximum Gasteiger partial charge on any atom is 0.225 e.